The molecule has 1 saturated heterocycles. The number of likely N-dealkylation sites (tertiary alicyclic amines) is 1. The molecule has 2 aliphatic rings. The fourth-order valence-electron chi connectivity index (χ4n) is 6.48. The van der Waals surface area contributed by atoms with Gasteiger partial charge in [0.25, 0.3) is 5.91 Å². The average molecular weight is 697 g/mol. The standard InChI is InChI=1S/C36H52N6O6S/c1-23-29(49-22-38-23)24-15-17-25(18-16-24)36(5)33(46)40-31(41-36)27-20-26(43)21-42(27)32(45)30(35(2,3)4)39-28(44)14-12-10-8-6-7-9-11-13-19-37-34(47)48/h15-18,22,26-27,30,37,43H,6-14,19-21H2,1-5H3,(H,39,44)(H,47,48)(H,40,41,46)/t26-,27+,30-,36+/m1/s1. The van der Waals surface area contributed by atoms with Crippen LogP contribution in [0, 0.1) is 12.3 Å². The maximum Gasteiger partial charge on any atom is 0.404 e. The molecule has 3 heterocycles. The zero-order valence-corrected chi connectivity index (χ0v) is 30.2. The van der Waals surface area contributed by atoms with Crippen molar-refractivity contribution in [3.05, 3.63) is 41.0 Å². The van der Waals surface area contributed by atoms with Crippen molar-refractivity contribution in [2.75, 3.05) is 13.1 Å². The molecule has 1 aromatic heterocycles. The summed E-state index contributed by atoms with van der Waals surface area (Å²) < 4.78 is 0. The van der Waals surface area contributed by atoms with Crippen molar-refractivity contribution in [2.24, 2.45) is 10.4 Å². The van der Waals surface area contributed by atoms with E-state index in [4.69, 9.17) is 5.11 Å². The summed E-state index contributed by atoms with van der Waals surface area (Å²) in [5.74, 6) is -0.523. The lowest BCUT2D eigenvalue weighted by atomic mass is 9.85. The van der Waals surface area contributed by atoms with Crippen molar-refractivity contribution in [2.45, 2.75) is 123 Å². The fourth-order valence-corrected chi connectivity index (χ4v) is 7.29. The summed E-state index contributed by atoms with van der Waals surface area (Å²) >= 11 is 1.56. The number of aliphatic imine (C=N–C) groups is 1. The number of amides is 4. The number of nitrogens with zero attached hydrogens (tertiary/aromatic N) is 3. The first-order valence-corrected chi connectivity index (χ1v) is 18.3. The predicted molar refractivity (Wildman–Crippen MR) is 190 cm³/mol. The molecule has 0 bridgehead atoms. The second-order valence-electron chi connectivity index (χ2n) is 14.5. The Morgan fingerprint density at radius 3 is 2.29 bits per heavy atom. The van der Waals surface area contributed by atoms with Gasteiger partial charge in [-0.05, 0) is 43.2 Å². The van der Waals surface area contributed by atoms with E-state index in [0.717, 1.165) is 73.1 Å². The number of aryl methyl sites for hydroxylation is 1. The molecular formula is C36H52N6O6S. The highest BCUT2D eigenvalue weighted by molar-refractivity contribution is 7.13. The first kappa shape index (κ1) is 38.0. The summed E-state index contributed by atoms with van der Waals surface area (Å²) in [4.78, 5) is 62.3. The lowest BCUT2D eigenvalue weighted by Crippen LogP contribution is -2.58. The molecule has 1 fully saturated rings. The van der Waals surface area contributed by atoms with Crippen molar-refractivity contribution in [3.8, 4) is 10.4 Å². The molecule has 0 unspecified atom stereocenters. The van der Waals surface area contributed by atoms with E-state index in [2.05, 4.69) is 25.9 Å². The Kier molecular flexibility index (Phi) is 12.9. The molecule has 12 nitrogen and oxygen atoms in total. The van der Waals surface area contributed by atoms with Crippen LogP contribution < -0.4 is 16.0 Å². The molecule has 0 aliphatic carbocycles. The summed E-state index contributed by atoms with van der Waals surface area (Å²) in [5, 5.41) is 28.0. The number of aromatic nitrogens is 1. The van der Waals surface area contributed by atoms with Gasteiger partial charge < -0.3 is 31.1 Å². The summed E-state index contributed by atoms with van der Waals surface area (Å²) in [6.45, 7) is 10.0. The van der Waals surface area contributed by atoms with Gasteiger partial charge in [0, 0.05) is 25.9 Å². The first-order valence-electron chi connectivity index (χ1n) is 17.4. The van der Waals surface area contributed by atoms with Gasteiger partial charge in [0.1, 0.15) is 17.4 Å². The Labute approximate surface area is 293 Å². The van der Waals surface area contributed by atoms with Crippen LogP contribution >= 0.6 is 11.3 Å². The predicted octanol–water partition coefficient (Wildman–Crippen LogP) is 5.13. The van der Waals surface area contributed by atoms with Gasteiger partial charge in [-0.15, -0.1) is 11.3 Å². The quantitative estimate of drug-likeness (QED) is 0.150. The second kappa shape index (κ2) is 16.7. The molecule has 0 radical (unpaired) electrons. The normalized spacial score (nSPS) is 21.3. The van der Waals surface area contributed by atoms with Crippen LogP contribution in [-0.2, 0) is 19.9 Å². The Morgan fingerprint density at radius 2 is 1.69 bits per heavy atom. The van der Waals surface area contributed by atoms with Gasteiger partial charge in [0.15, 0.2) is 0 Å². The highest BCUT2D eigenvalue weighted by Gasteiger charge is 2.49. The Hall–Kier alpha value is -3.84. The van der Waals surface area contributed by atoms with Crippen LogP contribution in [0.4, 0.5) is 4.79 Å². The molecule has 4 atom stereocenters. The number of unbranched alkanes of at least 4 members (excludes halogenated alkanes) is 7. The molecule has 49 heavy (non-hydrogen) atoms. The largest absolute Gasteiger partial charge is 0.465 e. The van der Waals surface area contributed by atoms with Crippen LogP contribution in [0.3, 0.4) is 0 Å². The van der Waals surface area contributed by atoms with Crippen molar-refractivity contribution in [3.63, 3.8) is 0 Å². The number of benzene rings is 1. The SMILES string of the molecule is Cc1ncsc1-c1ccc([C@]2(C)NC([C@@H]3C[C@@H](O)CN3C(=O)[C@@H](NC(=O)CCCCCCCCCCNC(=O)O)C(C)(C)C)=NC2=O)cc1. The van der Waals surface area contributed by atoms with Gasteiger partial charge in [-0.3, -0.25) is 14.4 Å². The Bertz CT molecular complexity index is 1500. The molecule has 0 spiro atoms. The third-order valence-corrected chi connectivity index (χ3v) is 10.4. The summed E-state index contributed by atoms with van der Waals surface area (Å²) in [6.07, 6.45) is 6.43. The smallest absolute Gasteiger partial charge is 0.404 e. The van der Waals surface area contributed by atoms with E-state index < -0.39 is 35.2 Å². The number of carboxylic acid groups (broad SMARTS) is 1. The van der Waals surface area contributed by atoms with Crippen LogP contribution in [-0.4, -0.2) is 81.0 Å². The summed E-state index contributed by atoms with van der Waals surface area (Å²) in [5.41, 5.74) is 2.78. The lowest BCUT2D eigenvalue weighted by molar-refractivity contribution is -0.139. The number of aliphatic hydroxyl groups excluding tert-OH is 1. The van der Waals surface area contributed by atoms with Crippen molar-refractivity contribution >= 4 is 41.0 Å². The Morgan fingerprint density at radius 1 is 1.06 bits per heavy atom. The third-order valence-electron chi connectivity index (χ3n) is 9.40. The average Bonchev–Trinajstić information content (AvgIpc) is 3.74. The van der Waals surface area contributed by atoms with E-state index in [1.54, 1.807) is 23.2 Å². The number of thiazole rings is 1. The van der Waals surface area contributed by atoms with Crippen LogP contribution in [0.15, 0.2) is 34.8 Å². The molecule has 4 rings (SSSR count). The molecule has 13 heteroatoms. The molecule has 4 amide bonds. The topological polar surface area (TPSA) is 173 Å². The number of rotatable bonds is 16. The van der Waals surface area contributed by atoms with Gasteiger partial charge in [-0.2, -0.15) is 4.99 Å². The minimum Gasteiger partial charge on any atom is -0.465 e. The summed E-state index contributed by atoms with van der Waals surface area (Å²) in [7, 11) is 0. The summed E-state index contributed by atoms with van der Waals surface area (Å²) in [6, 6.07) is 6.28. The van der Waals surface area contributed by atoms with Crippen LogP contribution in [0.1, 0.15) is 103 Å². The van der Waals surface area contributed by atoms with Gasteiger partial charge >= 0.3 is 6.09 Å². The second-order valence-corrected chi connectivity index (χ2v) is 15.3. The molecule has 2 aliphatic heterocycles. The van der Waals surface area contributed by atoms with Crippen molar-refractivity contribution in [1.82, 2.24) is 25.8 Å². The molecule has 268 valence electrons. The van der Waals surface area contributed by atoms with Gasteiger partial charge in [0.2, 0.25) is 11.8 Å². The number of amidine groups is 1. The van der Waals surface area contributed by atoms with Crippen molar-refractivity contribution in [1.29, 1.82) is 0 Å². The monoisotopic (exact) mass is 696 g/mol. The van der Waals surface area contributed by atoms with E-state index in [-0.39, 0.29) is 30.7 Å². The maximum absolute atomic E-state index is 14.1. The van der Waals surface area contributed by atoms with Gasteiger partial charge in [-0.1, -0.05) is 83.6 Å². The third kappa shape index (κ3) is 9.87. The number of nitrogens with one attached hydrogen (secondary N) is 3. The fraction of sp³-hybridized carbons (Fsp3) is 0.611. The molecule has 1 aromatic carbocycles. The minimum absolute atomic E-state index is 0.0799. The van der Waals surface area contributed by atoms with Crippen molar-refractivity contribution < 1.29 is 29.4 Å². The number of hydrogen-bond acceptors (Lipinski definition) is 8. The van der Waals surface area contributed by atoms with Gasteiger partial charge in [0.05, 0.1) is 28.2 Å². The lowest BCUT2D eigenvalue weighted by Gasteiger charge is -2.36. The maximum atomic E-state index is 14.1. The minimum atomic E-state index is -1.13. The number of carbonyl (C=O) groups is 4. The number of carbonyl (C=O) groups excluding carboxylic acids is 3. The van der Waals surface area contributed by atoms with E-state index in [0.29, 0.717) is 18.8 Å². The molecule has 0 saturated carbocycles. The van der Waals surface area contributed by atoms with E-state index in [9.17, 15) is 24.3 Å². The molecule has 5 N–H and O–H groups in total. The Balaban J connectivity index is 1.31. The van der Waals surface area contributed by atoms with E-state index >= 15 is 0 Å². The van der Waals surface area contributed by atoms with Gasteiger partial charge in [-0.25, -0.2) is 9.78 Å². The van der Waals surface area contributed by atoms with Crippen LogP contribution in [0.25, 0.3) is 10.4 Å². The molecule has 2 aromatic rings. The first-order chi connectivity index (χ1) is 23.2. The zero-order valence-electron chi connectivity index (χ0n) is 29.4. The van der Waals surface area contributed by atoms with Crippen LogP contribution in [0.5, 0.6) is 0 Å². The van der Waals surface area contributed by atoms with E-state index in [1.807, 2.05) is 57.5 Å². The van der Waals surface area contributed by atoms with E-state index in [1.165, 1.54) is 0 Å². The highest BCUT2D eigenvalue weighted by atomic mass is 32.1. The number of β-amino-alcohol motifs (C(OH)–C–C–N with tert-alkyl or cyclic N) is 1. The highest BCUT2D eigenvalue weighted by Crippen LogP contribution is 2.34. The number of hydrogen-bond donors (Lipinski definition) is 5. The van der Waals surface area contributed by atoms with Crippen LogP contribution in [0.2, 0.25) is 0 Å². The number of aliphatic hydroxyl groups is 1. The molecular weight excluding hydrogens is 644 g/mol. The zero-order chi connectivity index (χ0) is 35.8.